The molecule has 1 amide bonds. The SMILES string of the molecule is CC(C)CC(CN)C(=O)NC1CCS(=O)(=O)CC1. The van der Waals surface area contributed by atoms with E-state index in [0.29, 0.717) is 25.3 Å². The van der Waals surface area contributed by atoms with Crippen LogP contribution in [-0.2, 0) is 14.6 Å². The lowest BCUT2D eigenvalue weighted by molar-refractivity contribution is -0.126. The van der Waals surface area contributed by atoms with Crippen molar-refractivity contribution in [3.63, 3.8) is 0 Å². The second-order valence-corrected chi connectivity index (χ2v) is 7.80. The summed E-state index contributed by atoms with van der Waals surface area (Å²) < 4.78 is 22.6. The van der Waals surface area contributed by atoms with Gasteiger partial charge in [0.2, 0.25) is 5.91 Å². The predicted molar refractivity (Wildman–Crippen MR) is 71.8 cm³/mol. The number of rotatable bonds is 5. The molecule has 6 heteroatoms. The van der Waals surface area contributed by atoms with Crippen LogP contribution in [0.15, 0.2) is 0 Å². The molecule has 0 aromatic carbocycles. The van der Waals surface area contributed by atoms with Crippen LogP contribution in [0.25, 0.3) is 0 Å². The van der Waals surface area contributed by atoms with Crippen LogP contribution < -0.4 is 11.1 Å². The Labute approximate surface area is 109 Å². The van der Waals surface area contributed by atoms with E-state index in [0.717, 1.165) is 6.42 Å². The van der Waals surface area contributed by atoms with Crippen LogP contribution in [0.3, 0.4) is 0 Å². The topological polar surface area (TPSA) is 89.3 Å². The van der Waals surface area contributed by atoms with Crippen LogP contribution in [0.2, 0.25) is 0 Å². The highest BCUT2D eigenvalue weighted by atomic mass is 32.2. The molecular weight excluding hydrogens is 252 g/mol. The van der Waals surface area contributed by atoms with Gasteiger partial charge in [0.1, 0.15) is 9.84 Å². The van der Waals surface area contributed by atoms with E-state index >= 15 is 0 Å². The minimum atomic E-state index is -2.87. The molecule has 3 N–H and O–H groups in total. The molecule has 1 fully saturated rings. The largest absolute Gasteiger partial charge is 0.353 e. The fourth-order valence-corrected chi connectivity index (χ4v) is 3.72. The Bertz CT molecular complexity index is 365. The maximum Gasteiger partial charge on any atom is 0.224 e. The molecule has 1 saturated heterocycles. The zero-order chi connectivity index (χ0) is 13.8. The van der Waals surface area contributed by atoms with Gasteiger partial charge in [-0.15, -0.1) is 0 Å². The van der Waals surface area contributed by atoms with Gasteiger partial charge in [-0.1, -0.05) is 13.8 Å². The standard InChI is InChI=1S/C12H24N2O3S/c1-9(2)7-10(8-13)12(15)14-11-3-5-18(16,17)6-4-11/h9-11H,3-8,13H2,1-2H3,(H,14,15). The molecule has 1 atom stereocenters. The van der Waals surface area contributed by atoms with Gasteiger partial charge in [-0.05, 0) is 25.2 Å². The van der Waals surface area contributed by atoms with Crippen molar-refractivity contribution >= 4 is 15.7 Å². The Morgan fingerprint density at radius 2 is 1.89 bits per heavy atom. The predicted octanol–water partition coefficient (Wildman–Crippen LogP) is 0.301. The molecular formula is C12H24N2O3S. The molecule has 5 nitrogen and oxygen atoms in total. The lowest BCUT2D eigenvalue weighted by atomic mass is 9.96. The summed E-state index contributed by atoms with van der Waals surface area (Å²) in [5.41, 5.74) is 5.61. The molecule has 1 unspecified atom stereocenters. The van der Waals surface area contributed by atoms with E-state index in [1.54, 1.807) is 0 Å². The highest BCUT2D eigenvalue weighted by Crippen LogP contribution is 2.15. The van der Waals surface area contributed by atoms with Gasteiger partial charge in [-0.3, -0.25) is 4.79 Å². The summed E-state index contributed by atoms with van der Waals surface area (Å²) in [5.74, 6) is 0.584. The van der Waals surface area contributed by atoms with E-state index in [9.17, 15) is 13.2 Å². The van der Waals surface area contributed by atoms with E-state index in [-0.39, 0.29) is 29.4 Å². The lowest BCUT2D eigenvalue weighted by Crippen LogP contribution is -2.45. The molecule has 0 aliphatic carbocycles. The van der Waals surface area contributed by atoms with Crippen LogP contribution in [0, 0.1) is 11.8 Å². The molecule has 106 valence electrons. The Balaban J connectivity index is 2.44. The molecule has 0 spiro atoms. The Kier molecular flexibility index (Phi) is 5.59. The summed E-state index contributed by atoms with van der Waals surface area (Å²) >= 11 is 0. The van der Waals surface area contributed by atoms with Crippen LogP contribution >= 0.6 is 0 Å². The molecule has 1 heterocycles. The van der Waals surface area contributed by atoms with Crippen molar-refractivity contribution in [2.75, 3.05) is 18.1 Å². The fraction of sp³-hybridized carbons (Fsp3) is 0.917. The second-order valence-electron chi connectivity index (χ2n) is 5.50. The Morgan fingerprint density at radius 1 is 1.33 bits per heavy atom. The van der Waals surface area contributed by atoms with Crippen molar-refractivity contribution in [1.29, 1.82) is 0 Å². The van der Waals surface area contributed by atoms with Gasteiger partial charge in [0, 0.05) is 12.6 Å². The van der Waals surface area contributed by atoms with Gasteiger partial charge < -0.3 is 11.1 Å². The normalized spacial score (nSPS) is 21.8. The van der Waals surface area contributed by atoms with Crippen molar-refractivity contribution in [3.05, 3.63) is 0 Å². The monoisotopic (exact) mass is 276 g/mol. The molecule has 0 saturated carbocycles. The van der Waals surface area contributed by atoms with Crippen molar-refractivity contribution < 1.29 is 13.2 Å². The van der Waals surface area contributed by atoms with Gasteiger partial charge in [-0.25, -0.2) is 8.42 Å². The van der Waals surface area contributed by atoms with E-state index in [2.05, 4.69) is 19.2 Å². The number of sulfone groups is 1. The van der Waals surface area contributed by atoms with Crippen LogP contribution in [0.1, 0.15) is 33.1 Å². The van der Waals surface area contributed by atoms with E-state index in [1.165, 1.54) is 0 Å². The van der Waals surface area contributed by atoms with Crippen molar-refractivity contribution in [3.8, 4) is 0 Å². The molecule has 18 heavy (non-hydrogen) atoms. The minimum Gasteiger partial charge on any atom is -0.353 e. The maximum atomic E-state index is 12.0. The molecule has 0 radical (unpaired) electrons. The average molecular weight is 276 g/mol. The fourth-order valence-electron chi connectivity index (χ4n) is 2.23. The molecule has 1 rings (SSSR count). The van der Waals surface area contributed by atoms with Gasteiger partial charge >= 0.3 is 0 Å². The lowest BCUT2D eigenvalue weighted by Gasteiger charge is -2.25. The van der Waals surface area contributed by atoms with Crippen molar-refractivity contribution in [1.82, 2.24) is 5.32 Å². The maximum absolute atomic E-state index is 12.0. The smallest absolute Gasteiger partial charge is 0.224 e. The molecule has 0 aromatic heterocycles. The van der Waals surface area contributed by atoms with Gasteiger partial charge in [0.25, 0.3) is 0 Å². The van der Waals surface area contributed by atoms with Crippen LogP contribution in [-0.4, -0.2) is 38.4 Å². The zero-order valence-corrected chi connectivity index (χ0v) is 12.0. The van der Waals surface area contributed by atoms with Crippen LogP contribution in [0.4, 0.5) is 0 Å². The Morgan fingerprint density at radius 3 is 2.33 bits per heavy atom. The second kappa shape index (κ2) is 6.52. The summed E-state index contributed by atoms with van der Waals surface area (Å²) in [5, 5.41) is 2.93. The van der Waals surface area contributed by atoms with Crippen molar-refractivity contribution in [2.45, 2.75) is 39.2 Å². The zero-order valence-electron chi connectivity index (χ0n) is 11.2. The first-order chi connectivity index (χ1) is 8.34. The summed E-state index contributed by atoms with van der Waals surface area (Å²) in [6.07, 6.45) is 1.81. The van der Waals surface area contributed by atoms with Gasteiger partial charge in [0.15, 0.2) is 0 Å². The number of carbonyl (C=O) groups is 1. The molecule has 0 aromatic rings. The number of hydrogen-bond acceptors (Lipinski definition) is 4. The van der Waals surface area contributed by atoms with Gasteiger partial charge in [-0.2, -0.15) is 0 Å². The molecule has 1 aliphatic rings. The third kappa shape index (κ3) is 4.94. The van der Waals surface area contributed by atoms with E-state index < -0.39 is 9.84 Å². The van der Waals surface area contributed by atoms with Gasteiger partial charge in [0.05, 0.1) is 17.4 Å². The quantitative estimate of drug-likeness (QED) is 0.756. The third-order valence-electron chi connectivity index (χ3n) is 3.31. The summed E-state index contributed by atoms with van der Waals surface area (Å²) in [6.45, 7) is 4.46. The van der Waals surface area contributed by atoms with Crippen LogP contribution in [0.5, 0.6) is 0 Å². The first-order valence-corrected chi connectivity index (χ1v) is 8.37. The molecule has 0 bridgehead atoms. The number of amides is 1. The summed E-state index contributed by atoms with van der Waals surface area (Å²) in [4.78, 5) is 12.0. The van der Waals surface area contributed by atoms with E-state index in [4.69, 9.17) is 5.73 Å². The summed E-state index contributed by atoms with van der Waals surface area (Å²) in [6, 6.07) is -0.0118. The number of carbonyl (C=O) groups excluding carboxylic acids is 1. The first kappa shape index (κ1) is 15.4. The van der Waals surface area contributed by atoms with E-state index in [1.807, 2.05) is 0 Å². The Hall–Kier alpha value is -0.620. The number of nitrogens with one attached hydrogen (secondary N) is 1. The number of hydrogen-bond donors (Lipinski definition) is 2. The average Bonchev–Trinajstić information content (AvgIpc) is 2.28. The number of nitrogens with two attached hydrogens (primary N) is 1. The minimum absolute atomic E-state index is 0.0118. The van der Waals surface area contributed by atoms with Crippen molar-refractivity contribution in [2.24, 2.45) is 17.6 Å². The molecule has 1 aliphatic heterocycles. The summed E-state index contributed by atoms with van der Waals surface area (Å²) in [7, 11) is -2.87. The first-order valence-electron chi connectivity index (χ1n) is 6.55. The third-order valence-corrected chi connectivity index (χ3v) is 5.03. The highest BCUT2D eigenvalue weighted by molar-refractivity contribution is 7.91. The highest BCUT2D eigenvalue weighted by Gasteiger charge is 2.27.